The molecule has 6 heteroatoms. The third kappa shape index (κ3) is 3.87. The van der Waals surface area contributed by atoms with E-state index >= 15 is 0 Å². The van der Waals surface area contributed by atoms with Crippen LogP contribution in [0, 0.1) is 24.4 Å². The van der Waals surface area contributed by atoms with Gasteiger partial charge in [-0.1, -0.05) is 6.92 Å². The molecule has 0 atom stereocenters. The minimum atomic E-state index is -0.837. The summed E-state index contributed by atoms with van der Waals surface area (Å²) >= 11 is 0. The van der Waals surface area contributed by atoms with Gasteiger partial charge in [0.2, 0.25) is 0 Å². The van der Waals surface area contributed by atoms with Gasteiger partial charge in [-0.25, -0.2) is 18.2 Å². The Labute approximate surface area is 121 Å². The second-order valence-electron chi connectivity index (χ2n) is 4.72. The number of benzene rings is 1. The van der Waals surface area contributed by atoms with Crippen molar-refractivity contribution in [2.45, 2.75) is 20.3 Å². The van der Waals surface area contributed by atoms with E-state index in [-0.39, 0.29) is 11.6 Å². The number of nitrogens with one attached hydrogen (secondary N) is 2. The highest BCUT2D eigenvalue weighted by atomic mass is 19.1. The molecule has 0 bridgehead atoms. The lowest BCUT2D eigenvalue weighted by molar-refractivity contribution is 0.579. The van der Waals surface area contributed by atoms with E-state index in [0.29, 0.717) is 17.8 Å². The van der Waals surface area contributed by atoms with Crippen LogP contribution in [-0.4, -0.2) is 11.5 Å². The van der Waals surface area contributed by atoms with Gasteiger partial charge in [0, 0.05) is 18.3 Å². The van der Waals surface area contributed by atoms with Crippen molar-refractivity contribution in [3.63, 3.8) is 0 Å². The van der Waals surface area contributed by atoms with E-state index in [4.69, 9.17) is 0 Å². The standard InChI is InChI=1S/C15H16F3N3/c1-3-4-19-14-12(17)8-13(18)15(21-14)20-11-6-9(2)5-10(16)7-11/h5-8H,3-4H2,1-2H3,(H2,19,20,21). The van der Waals surface area contributed by atoms with Gasteiger partial charge in [0.1, 0.15) is 5.82 Å². The summed E-state index contributed by atoms with van der Waals surface area (Å²) in [6, 6.07) is 4.97. The Bertz CT molecular complexity index is 624. The quantitative estimate of drug-likeness (QED) is 0.860. The van der Waals surface area contributed by atoms with Crippen LogP contribution in [0.3, 0.4) is 0 Å². The number of halogens is 3. The maximum Gasteiger partial charge on any atom is 0.169 e. The largest absolute Gasteiger partial charge is 0.368 e. The molecular weight excluding hydrogens is 279 g/mol. The third-order valence-corrected chi connectivity index (χ3v) is 2.78. The van der Waals surface area contributed by atoms with Crippen LogP contribution in [0.25, 0.3) is 0 Å². The van der Waals surface area contributed by atoms with Crippen molar-refractivity contribution < 1.29 is 13.2 Å². The molecule has 0 spiro atoms. The van der Waals surface area contributed by atoms with Crippen molar-refractivity contribution in [3.8, 4) is 0 Å². The van der Waals surface area contributed by atoms with Crippen molar-refractivity contribution in [2.75, 3.05) is 17.2 Å². The second-order valence-corrected chi connectivity index (χ2v) is 4.72. The topological polar surface area (TPSA) is 37.0 Å². The zero-order chi connectivity index (χ0) is 15.4. The van der Waals surface area contributed by atoms with E-state index in [9.17, 15) is 13.2 Å². The first-order valence-corrected chi connectivity index (χ1v) is 6.63. The van der Waals surface area contributed by atoms with E-state index in [2.05, 4.69) is 15.6 Å². The summed E-state index contributed by atoms with van der Waals surface area (Å²) in [7, 11) is 0. The Morgan fingerprint density at radius 1 is 1.00 bits per heavy atom. The second kappa shape index (κ2) is 6.47. The fourth-order valence-corrected chi connectivity index (χ4v) is 1.87. The number of hydrogen-bond donors (Lipinski definition) is 2. The van der Waals surface area contributed by atoms with E-state index < -0.39 is 17.5 Å². The first kappa shape index (κ1) is 15.2. The summed E-state index contributed by atoms with van der Waals surface area (Å²) in [6.07, 6.45) is 0.782. The number of pyridine rings is 1. The van der Waals surface area contributed by atoms with Gasteiger partial charge in [0.25, 0.3) is 0 Å². The number of aryl methyl sites for hydroxylation is 1. The third-order valence-electron chi connectivity index (χ3n) is 2.78. The molecule has 112 valence electrons. The highest BCUT2D eigenvalue weighted by molar-refractivity contribution is 5.59. The summed E-state index contributed by atoms with van der Waals surface area (Å²) in [6.45, 7) is 4.16. The normalized spacial score (nSPS) is 10.5. The van der Waals surface area contributed by atoms with Crippen LogP contribution >= 0.6 is 0 Å². The lowest BCUT2D eigenvalue weighted by Gasteiger charge is -2.11. The Hall–Kier alpha value is -2.24. The lowest BCUT2D eigenvalue weighted by Crippen LogP contribution is -2.07. The molecule has 0 aliphatic rings. The molecule has 3 nitrogen and oxygen atoms in total. The Morgan fingerprint density at radius 3 is 2.38 bits per heavy atom. The number of anilines is 3. The molecule has 0 aliphatic carbocycles. The molecule has 0 amide bonds. The van der Waals surface area contributed by atoms with Gasteiger partial charge in [-0.05, 0) is 37.1 Å². The summed E-state index contributed by atoms with van der Waals surface area (Å²) < 4.78 is 40.6. The number of hydrogen-bond acceptors (Lipinski definition) is 3. The van der Waals surface area contributed by atoms with Crippen LogP contribution in [0.5, 0.6) is 0 Å². The van der Waals surface area contributed by atoms with Crippen LogP contribution in [0.1, 0.15) is 18.9 Å². The molecule has 0 aliphatic heterocycles. The van der Waals surface area contributed by atoms with Gasteiger partial charge in [0.05, 0.1) is 0 Å². The Morgan fingerprint density at radius 2 is 1.71 bits per heavy atom. The van der Waals surface area contributed by atoms with Gasteiger partial charge >= 0.3 is 0 Å². The van der Waals surface area contributed by atoms with Gasteiger partial charge in [-0.15, -0.1) is 0 Å². The molecule has 1 aromatic carbocycles. The van der Waals surface area contributed by atoms with Gasteiger partial charge in [0.15, 0.2) is 23.3 Å². The van der Waals surface area contributed by atoms with Crippen LogP contribution < -0.4 is 10.6 Å². The van der Waals surface area contributed by atoms with Crippen molar-refractivity contribution in [1.29, 1.82) is 0 Å². The van der Waals surface area contributed by atoms with Gasteiger partial charge < -0.3 is 10.6 Å². The zero-order valence-electron chi connectivity index (χ0n) is 11.8. The molecular formula is C15H16F3N3. The van der Waals surface area contributed by atoms with E-state index in [0.717, 1.165) is 12.5 Å². The van der Waals surface area contributed by atoms with Crippen LogP contribution in [-0.2, 0) is 0 Å². The average molecular weight is 295 g/mol. The smallest absolute Gasteiger partial charge is 0.169 e. The Balaban J connectivity index is 2.30. The molecule has 2 N–H and O–H groups in total. The highest BCUT2D eigenvalue weighted by Gasteiger charge is 2.12. The van der Waals surface area contributed by atoms with E-state index in [1.54, 1.807) is 13.0 Å². The molecule has 1 heterocycles. The lowest BCUT2D eigenvalue weighted by atomic mass is 10.2. The number of aromatic nitrogens is 1. The summed E-state index contributed by atoms with van der Waals surface area (Å²) in [5.41, 5.74) is 1.04. The predicted octanol–water partition coefficient (Wildman–Crippen LogP) is 4.37. The molecule has 0 radical (unpaired) electrons. The zero-order valence-corrected chi connectivity index (χ0v) is 11.8. The molecule has 0 saturated carbocycles. The van der Waals surface area contributed by atoms with E-state index in [1.165, 1.54) is 12.1 Å². The van der Waals surface area contributed by atoms with Crippen molar-refractivity contribution in [2.24, 2.45) is 0 Å². The van der Waals surface area contributed by atoms with Gasteiger partial charge in [-0.2, -0.15) is 0 Å². The summed E-state index contributed by atoms with van der Waals surface area (Å²) in [5, 5.41) is 5.44. The van der Waals surface area contributed by atoms with Crippen LogP contribution in [0.4, 0.5) is 30.5 Å². The average Bonchev–Trinajstić information content (AvgIpc) is 2.39. The fraction of sp³-hybridized carbons (Fsp3) is 0.267. The monoisotopic (exact) mass is 295 g/mol. The fourth-order valence-electron chi connectivity index (χ4n) is 1.87. The minimum absolute atomic E-state index is 0.0334. The van der Waals surface area contributed by atoms with Gasteiger partial charge in [-0.3, -0.25) is 0 Å². The number of nitrogens with zero attached hydrogens (tertiary/aromatic N) is 1. The summed E-state index contributed by atoms with van der Waals surface area (Å²) in [5.74, 6) is -2.23. The molecule has 0 saturated heterocycles. The number of rotatable bonds is 5. The van der Waals surface area contributed by atoms with Crippen molar-refractivity contribution >= 4 is 17.3 Å². The SMILES string of the molecule is CCCNc1nc(Nc2cc(C)cc(F)c2)c(F)cc1F. The maximum atomic E-state index is 13.8. The predicted molar refractivity (Wildman–Crippen MR) is 77.4 cm³/mol. The maximum absolute atomic E-state index is 13.8. The minimum Gasteiger partial charge on any atom is -0.368 e. The molecule has 0 fully saturated rings. The van der Waals surface area contributed by atoms with Crippen LogP contribution in [0.2, 0.25) is 0 Å². The first-order valence-electron chi connectivity index (χ1n) is 6.63. The summed E-state index contributed by atoms with van der Waals surface area (Å²) in [4.78, 5) is 3.87. The van der Waals surface area contributed by atoms with Crippen molar-refractivity contribution in [1.82, 2.24) is 4.98 Å². The molecule has 2 aromatic rings. The molecule has 0 unspecified atom stereocenters. The van der Waals surface area contributed by atoms with Crippen molar-refractivity contribution in [3.05, 3.63) is 47.3 Å². The Kier molecular flexibility index (Phi) is 4.67. The molecule has 21 heavy (non-hydrogen) atoms. The van der Waals surface area contributed by atoms with Crippen LogP contribution in [0.15, 0.2) is 24.3 Å². The molecule has 2 rings (SSSR count). The van der Waals surface area contributed by atoms with E-state index in [1.807, 2.05) is 6.92 Å². The first-order chi connectivity index (χ1) is 9.99. The molecule has 1 aromatic heterocycles. The highest BCUT2D eigenvalue weighted by Crippen LogP contribution is 2.23.